The van der Waals surface area contributed by atoms with Gasteiger partial charge in [0.25, 0.3) is 0 Å². The van der Waals surface area contributed by atoms with Crippen molar-refractivity contribution in [2.75, 3.05) is 24.6 Å². The Balaban J connectivity index is 1.61. The molecule has 12 heteroatoms. The maximum absolute atomic E-state index is 12.7. The van der Waals surface area contributed by atoms with Crippen molar-refractivity contribution < 1.29 is 34.7 Å². The molecule has 0 aliphatic carbocycles. The molecule has 0 radical (unpaired) electrons. The summed E-state index contributed by atoms with van der Waals surface area (Å²) >= 11 is 0. The second-order valence-electron chi connectivity index (χ2n) is 6.97. The Kier molecular flexibility index (Phi) is 5.95. The molecular weight excluding hydrogens is 421 g/mol. The van der Waals surface area contributed by atoms with Gasteiger partial charge in [-0.2, -0.15) is 4.31 Å². The monoisotopic (exact) mass is 442 g/mol. The fourth-order valence-corrected chi connectivity index (χ4v) is 6.70. The number of halogens is 3. The summed E-state index contributed by atoms with van der Waals surface area (Å²) in [5.41, 5.74) is 0. The Morgan fingerprint density at radius 3 is 2.36 bits per heavy atom. The fraction of sp³-hybridized carbons (Fsp3) is 0.625. The first-order chi connectivity index (χ1) is 12.9. The van der Waals surface area contributed by atoms with Crippen molar-refractivity contribution in [2.24, 2.45) is 0 Å². The molecule has 7 nitrogen and oxygen atoms in total. The Bertz CT molecular complexity index is 910. The molecule has 1 aromatic carbocycles. The van der Waals surface area contributed by atoms with Crippen LogP contribution < -0.4 is 10.1 Å². The Labute approximate surface area is 161 Å². The van der Waals surface area contributed by atoms with Crippen molar-refractivity contribution in [1.82, 2.24) is 9.62 Å². The van der Waals surface area contributed by atoms with E-state index in [-0.39, 0.29) is 41.6 Å². The summed E-state index contributed by atoms with van der Waals surface area (Å²) in [4.78, 5) is -0.262. The number of ether oxygens (including phenoxy) is 1. The van der Waals surface area contributed by atoms with Gasteiger partial charge in [0.15, 0.2) is 9.84 Å². The summed E-state index contributed by atoms with van der Waals surface area (Å²) in [7, 11) is -6.94. The minimum atomic E-state index is -4.90. The predicted octanol–water partition coefficient (Wildman–Crippen LogP) is 1.52. The number of piperidine rings is 1. The number of sulfonamides is 1. The van der Waals surface area contributed by atoms with Gasteiger partial charge in [0.1, 0.15) is 5.75 Å². The van der Waals surface area contributed by atoms with E-state index in [4.69, 9.17) is 0 Å². The zero-order chi connectivity index (χ0) is 20.6. The normalized spacial score (nSPS) is 24.3. The molecule has 3 rings (SSSR count). The summed E-state index contributed by atoms with van der Waals surface area (Å²) in [6.07, 6.45) is -3.37. The molecule has 2 fully saturated rings. The average molecular weight is 442 g/mol. The maximum Gasteiger partial charge on any atom is 0.573 e. The highest BCUT2D eigenvalue weighted by molar-refractivity contribution is 7.91. The number of rotatable bonds is 5. The lowest BCUT2D eigenvalue weighted by Gasteiger charge is -2.33. The Hall–Kier alpha value is -1.37. The highest BCUT2D eigenvalue weighted by Gasteiger charge is 2.34. The third-order valence-electron chi connectivity index (χ3n) is 4.83. The van der Waals surface area contributed by atoms with Crippen molar-refractivity contribution in [3.05, 3.63) is 24.3 Å². The molecule has 0 amide bonds. The van der Waals surface area contributed by atoms with Crippen LogP contribution in [0.4, 0.5) is 13.2 Å². The number of alkyl halides is 3. The lowest BCUT2D eigenvalue weighted by molar-refractivity contribution is -0.274. The van der Waals surface area contributed by atoms with Crippen molar-refractivity contribution in [2.45, 2.75) is 42.6 Å². The molecule has 1 aromatic rings. The second kappa shape index (κ2) is 7.81. The molecule has 2 aliphatic heterocycles. The Morgan fingerprint density at radius 1 is 1.11 bits per heavy atom. The van der Waals surface area contributed by atoms with E-state index in [2.05, 4.69) is 10.1 Å². The zero-order valence-electron chi connectivity index (χ0n) is 14.9. The van der Waals surface area contributed by atoms with E-state index in [1.54, 1.807) is 0 Å². The highest BCUT2D eigenvalue weighted by atomic mass is 32.2. The van der Waals surface area contributed by atoms with Gasteiger partial charge in [0, 0.05) is 31.2 Å². The SMILES string of the molecule is O=S1(=O)CC[C@@H](NC2CCN(S(=O)(=O)c3cccc(OC(F)(F)F)c3)CC2)C1. The van der Waals surface area contributed by atoms with Crippen LogP contribution in [-0.4, -0.2) is 64.2 Å². The molecule has 1 N–H and O–H groups in total. The van der Waals surface area contributed by atoms with Crippen LogP contribution in [-0.2, 0) is 19.9 Å². The number of hydrogen-bond donors (Lipinski definition) is 1. The van der Waals surface area contributed by atoms with Gasteiger partial charge < -0.3 is 10.1 Å². The molecule has 0 unspecified atom stereocenters. The van der Waals surface area contributed by atoms with Crippen LogP contribution in [0.25, 0.3) is 0 Å². The topological polar surface area (TPSA) is 92.8 Å². The van der Waals surface area contributed by atoms with Crippen LogP contribution in [0.1, 0.15) is 19.3 Å². The van der Waals surface area contributed by atoms with Crippen molar-refractivity contribution in [1.29, 1.82) is 0 Å². The highest BCUT2D eigenvalue weighted by Crippen LogP contribution is 2.27. The maximum atomic E-state index is 12.7. The Morgan fingerprint density at radius 2 is 1.79 bits per heavy atom. The van der Waals surface area contributed by atoms with Crippen LogP contribution in [0, 0.1) is 0 Å². The number of sulfone groups is 1. The van der Waals surface area contributed by atoms with E-state index in [9.17, 15) is 30.0 Å². The van der Waals surface area contributed by atoms with Crippen LogP contribution in [0.3, 0.4) is 0 Å². The molecule has 158 valence electrons. The van der Waals surface area contributed by atoms with Gasteiger partial charge in [-0.05, 0) is 31.4 Å². The number of benzene rings is 1. The van der Waals surface area contributed by atoms with Crippen molar-refractivity contribution in [3.8, 4) is 5.75 Å². The molecule has 2 saturated heterocycles. The van der Waals surface area contributed by atoms with Crippen molar-refractivity contribution >= 4 is 19.9 Å². The van der Waals surface area contributed by atoms with Gasteiger partial charge in [0.05, 0.1) is 16.4 Å². The third kappa shape index (κ3) is 5.37. The average Bonchev–Trinajstić information content (AvgIpc) is 2.92. The molecule has 2 heterocycles. The van der Waals surface area contributed by atoms with Crippen LogP contribution >= 0.6 is 0 Å². The summed E-state index contributed by atoms with van der Waals surface area (Å²) in [6, 6.07) is 4.21. The summed E-state index contributed by atoms with van der Waals surface area (Å²) in [6.45, 7) is 0.396. The van der Waals surface area contributed by atoms with E-state index >= 15 is 0 Å². The van der Waals surface area contributed by atoms with Crippen LogP contribution in [0.5, 0.6) is 5.75 Å². The molecular formula is C16H21F3N2O5S2. The smallest absolute Gasteiger partial charge is 0.406 e. The molecule has 0 spiro atoms. The third-order valence-corrected chi connectivity index (χ3v) is 8.50. The standard InChI is InChI=1S/C16H21F3N2O5S2/c17-16(18,19)26-14-2-1-3-15(10-14)28(24,25)21-7-4-12(5-8-21)20-13-6-9-27(22,23)11-13/h1-3,10,12-13,20H,4-9,11H2/t13-/m1/s1. The minimum Gasteiger partial charge on any atom is -0.406 e. The number of hydrogen-bond acceptors (Lipinski definition) is 6. The van der Waals surface area contributed by atoms with E-state index in [0.717, 1.165) is 12.1 Å². The first-order valence-electron chi connectivity index (χ1n) is 8.77. The van der Waals surface area contributed by atoms with Crippen LogP contribution in [0.15, 0.2) is 29.2 Å². The predicted molar refractivity (Wildman–Crippen MR) is 95.1 cm³/mol. The minimum absolute atomic E-state index is 0.00430. The first-order valence-corrected chi connectivity index (χ1v) is 12.0. The van der Waals surface area contributed by atoms with Gasteiger partial charge in [-0.1, -0.05) is 6.07 Å². The van der Waals surface area contributed by atoms with E-state index in [1.807, 2.05) is 0 Å². The lowest BCUT2D eigenvalue weighted by Crippen LogP contribution is -2.48. The van der Waals surface area contributed by atoms with Crippen molar-refractivity contribution in [3.63, 3.8) is 0 Å². The van der Waals surface area contributed by atoms with Gasteiger partial charge in [0.2, 0.25) is 10.0 Å². The zero-order valence-corrected chi connectivity index (χ0v) is 16.5. The summed E-state index contributed by atoms with van der Waals surface area (Å²) in [5.74, 6) is -0.335. The molecule has 0 saturated carbocycles. The van der Waals surface area contributed by atoms with Gasteiger partial charge >= 0.3 is 6.36 Å². The van der Waals surface area contributed by atoms with Gasteiger partial charge in [-0.25, -0.2) is 16.8 Å². The fourth-order valence-electron chi connectivity index (χ4n) is 3.50. The van der Waals surface area contributed by atoms with E-state index < -0.39 is 32.0 Å². The summed E-state index contributed by atoms with van der Waals surface area (Å²) in [5, 5.41) is 3.27. The number of nitrogens with zero attached hydrogens (tertiary/aromatic N) is 1. The quantitative estimate of drug-likeness (QED) is 0.743. The lowest BCUT2D eigenvalue weighted by atomic mass is 10.1. The van der Waals surface area contributed by atoms with Crippen LogP contribution in [0.2, 0.25) is 0 Å². The molecule has 28 heavy (non-hydrogen) atoms. The number of nitrogens with one attached hydrogen (secondary N) is 1. The molecule has 0 aromatic heterocycles. The second-order valence-corrected chi connectivity index (χ2v) is 11.1. The molecule has 2 aliphatic rings. The largest absolute Gasteiger partial charge is 0.573 e. The first kappa shape index (κ1) is 21.3. The summed E-state index contributed by atoms with van der Waals surface area (Å²) < 4.78 is 90.6. The molecule has 1 atom stereocenters. The van der Waals surface area contributed by atoms with Gasteiger partial charge in [-0.15, -0.1) is 13.2 Å². The van der Waals surface area contributed by atoms with E-state index in [0.29, 0.717) is 19.3 Å². The molecule has 0 bridgehead atoms. The van der Waals surface area contributed by atoms with E-state index in [1.165, 1.54) is 16.4 Å². The van der Waals surface area contributed by atoms with Gasteiger partial charge in [-0.3, -0.25) is 0 Å².